The van der Waals surface area contributed by atoms with Gasteiger partial charge in [-0.2, -0.15) is 0 Å². The molecule has 6 aromatic carbocycles. The molecular weight excluding hydrogens is 772 g/mol. The van der Waals surface area contributed by atoms with Gasteiger partial charge in [0.2, 0.25) is 0 Å². The van der Waals surface area contributed by atoms with Gasteiger partial charge in [0, 0.05) is 28.0 Å². The van der Waals surface area contributed by atoms with Crippen molar-refractivity contribution in [3.8, 4) is 0 Å². The lowest BCUT2D eigenvalue weighted by molar-refractivity contribution is 0.890. The number of hydrogen-bond donors (Lipinski definition) is 0. The van der Waals surface area contributed by atoms with Crippen molar-refractivity contribution >= 4 is 75.4 Å². The molecular formula is C52H55ClSi4. The molecule has 1 aliphatic heterocycles. The summed E-state index contributed by atoms with van der Waals surface area (Å²) in [5, 5.41) is 9.05. The molecule has 0 fully saturated rings. The van der Waals surface area contributed by atoms with E-state index >= 15 is 0 Å². The number of benzene rings is 6. The van der Waals surface area contributed by atoms with Gasteiger partial charge in [-0.05, 0) is 71.9 Å². The molecule has 0 nitrogen and oxygen atoms in total. The van der Waals surface area contributed by atoms with Crippen LogP contribution in [0.15, 0.2) is 181 Å². The summed E-state index contributed by atoms with van der Waals surface area (Å²) in [6.07, 6.45) is 0. The molecule has 0 saturated carbocycles. The van der Waals surface area contributed by atoms with E-state index in [0.717, 1.165) is 6.04 Å². The Morgan fingerprint density at radius 2 is 0.860 bits per heavy atom. The van der Waals surface area contributed by atoms with Crippen molar-refractivity contribution in [3.63, 3.8) is 0 Å². The standard InChI is InChI=1S/C52H55ClSi4/c1-54(2,3)35-46-42-31-19-21-33-44(42)49-47(46)37-56(38-23-11-7-12-24-38,39-25-13-8-14-26-39)50-45-34-22-20-32-43(45)48(36-55(4,5)6)51(50)57(52(49)53,40-27-15-9-16-28-40)41-29-17-10-18-30-41/h7-34,46,48,52H,35-37H2,1-6H3. The number of allylic oxidation sites excluding steroid dienone is 3. The average molecular weight is 828 g/mol. The van der Waals surface area contributed by atoms with Crippen molar-refractivity contribution in [1.29, 1.82) is 0 Å². The lowest BCUT2D eigenvalue weighted by atomic mass is 9.98. The Morgan fingerprint density at radius 3 is 1.33 bits per heavy atom. The molecule has 0 radical (unpaired) electrons. The van der Waals surface area contributed by atoms with Crippen LogP contribution in [0.2, 0.25) is 57.4 Å². The SMILES string of the molecule is C[Si](C)(C)CC1C2=C(c3ccccc31)C(Cl)[Si](c1ccccc1)(c1ccccc1)C1=C(c3ccccc3C1C[Si](C)(C)C)[Si](c1ccccc1)(c1ccccc1)C2. The Labute approximate surface area is 350 Å². The molecule has 286 valence electrons. The zero-order valence-electron chi connectivity index (χ0n) is 34.4. The number of alkyl halides is 1. The molecule has 5 heteroatoms. The third kappa shape index (κ3) is 6.35. The maximum Gasteiger partial charge on any atom is 0.167 e. The molecule has 0 amide bonds. The van der Waals surface area contributed by atoms with E-state index in [1.54, 1.807) is 16.0 Å². The Balaban J connectivity index is 1.57. The zero-order chi connectivity index (χ0) is 39.6. The van der Waals surface area contributed by atoms with E-state index in [-0.39, 0.29) is 10.9 Å². The van der Waals surface area contributed by atoms with Crippen molar-refractivity contribution in [2.24, 2.45) is 0 Å². The molecule has 6 aromatic rings. The van der Waals surface area contributed by atoms with Gasteiger partial charge in [-0.15, -0.1) is 11.6 Å². The quantitative estimate of drug-likeness (QED) is 0.106. The third-order valence-electron chi connectivity index (χ3n) is 13.2. The normalized spacial score (nSPS) is 20.9. The highest BCUT2D eigenvalue weighted by atomic mass is 35.5. The highest BCUT2D eigenvalue weighted by Crippen LogP contribution is 2.60. The Hall–Kier alpha value is -4.04. The van der Waals surface area contributed by atoms with E-state index in [2.05, 4.69) is 209 Å². The fraction of sp³-hybridized carbons (Fsp3) is 0.231. The largest absolute Gasteiger partial charge is 0.167 e. The van der Waals surface area contributed by atoms with Crippen molar-refractivity contribution in [2.75, 3.05) is 0 Å². The lowest BCUT2D eigenvalue weighted by Crippen LogP contribution is -2.70. The average Bonchev–Trinajstić information content (AvgIpc) is 3.68. The first-order valence-corrected chi connectivity index (χ1v) is 33.1. The number of halogens is 1. The summed E-state index contributed by atoms with van der Waals surface area (Å²) < 4.78 is 0. The van der Waals surface area contributed by atoms with Gasteiger partial charge in [0.25, 0.3) is 0 Å². The molecule has 3 aliphatic rings. The molecule has 57 heavy (non-hydrogen) atoms. The third-order valence-corrected chi connectivity index (χ3v) is 27.8. The summed E-state index contributed by atoms with van der Waals surface area (Å²) in [5.41, 5.74) is 9.01. The van der Waals surface area contributed by atoms with E-state index in [1.807, 2.05) is 0 Å². The van der Waals surface area contributed by atoms with E-state index in [1.165, 1.54) is 60.7 Å². The Morgan fingerprint density at radius 1 is 0.474 bits per heavy atom. The van der Waals surface area contributed by atoms with Crippen LogP contribution in [0.5, 0.6) is 0 Å². The molecule has 1 heterocycles. The summed E-state index contributed by atoms with van der Waals surface area (Å²) >= 11 is 8.89. The van der Waals surface area contributed by atoms with E-state index < -0.39 is 32.3 Å². The molecule has 3 unspecified atom stereocenters. The van der Waals surface area contributed by atoms with Gasteiger partial charge in [0.1, 0.15) is 0 Å². The predicted octanol–water partition coefficient (Wildman–Crippen LogP) is 11.5. The molecule has 3 atom stereocenters. The number of hydrogen-bond acceptors (Lipinski definition) is 0. The van der Waals surface area contributed by atoms with Gasteiger partial charge in [-0.1, -0.05) is 220 Å². The van der Waals surface area contributed by atoms with Crippen LogP contribution in [0.3, 0.4) is 0 Å². The van der Waals surface area contributed by atoms with E-state index in [4.69, 9.17) is 11.6 Å². The predicted molar refractivity (Wildman–Crippen MR) is 259 cm³/mol. The number of fused-ring (bicyclic) bond motifs is 4. The second-order valence-corrected chi connectivity index (χ2v) is 38.8. The first kappa shape index (κ1) is 38.5. The minimum absolute atomic E-state index is 0.202. The monoisotopic (exact) mass is 826 g/mol. The van der Waals surface area contributed by atoms with Crippen LogP contribution in [0, 0.1) is 0 Å². The zero-order valence-corrected chi connectivity index (χ0v) is 39.2. The molecule has 0 bridgehead atoms. The van der Waals surface area contributed by atoms with Crippen LogP contribution in [0.1, 0.15) is 34.1 Å². The first-order valence-electron chi connectivity index (χ1n) is 21.0. The van der Waals surface area contributed by atoms with Crippen molar-refractivity contribution in [3.05, 3.63) is 203 Å². The number of rotatable bonds is 8. The van der Waals surface area contributed by atoms with E-state index in [9.17, 15) is 0 Å². The Bertz CT molecular complexity index is 2400. The minimum atomic E-state index is -3.15. The minimum Gasteiger partial charge on any atom is -0.120 e. The molecule has 0 spiro atoms. The maximum atomic E-state index is 8.89. The molecule has 2 aliphatic carbocycles. The van der Waals surface area contributed by atoms with Gasteiger partial charge in [0.15, 0.2) is 16.1 Å². The fourth-order valence-electron chi connectivity index (χ4n) is 11.2. The first-order chi connectivity index (χ1) is 27.4. The highest BCUT2D eigenvalue weighted by Gasteiger charge is 2.61. The molecule has 9 rings (SSSR count). The summed E-state index contributed by atoms with van der Waals surface area (Å²) in [4.78, 5) is 0. The lowest BCUT2D eigenvalue weighted by Gasteiger charge is -2.48. The van der Waals surface area contributed by atoms with E-state index in [0.29, 0.717) is 5.92 Å². The van der Waals surface area contributed by atoms with Crippen LogP contribution < -0.4 is 20.7 Å². The second kappa shape index (κ2) is 14.7. The highest BCUT2D eigenvalue weighted by molar-refractivity contribution is 7.21. The molecule has 0 N–H and O–H groups in total. The van der Waals surface area contributed by atoms with Gasteiger partial charge in [-0.3, -0.25) is 0 Å². The van der Waals surface area contributed by atoms with Gasteiger partial charge in [-0.25, -0.2) is 0 Å². The van der Waals surface area contributed by atoms with Crippen molar-refractivity contribution in [2.45, 2.75) is 74.3 Å². The maximum absolute atomic E-state index is 8.89. The van der Waals surface area contributed by atoms with Gasteiger partial charge < -0.3 is 0 Å². The van der Waals surface area contributed by atoms with Gasteiger partial charge in [0.05, 0.1) is 5.00 Å². The van der Waals surface area contributed by atoms with Crippen LogP contribution in [0.4, 0.5) is 0 Å². The summed E-state index contributed by atoms with van der Waals surface area (Å²) in [7, 11) is -9.29. The topological polar surface area (TPSA) is 0 Å². The van der Waals surface area contributed by atoms with Crippen molar-refractivity contribution < 1.29 is 0 Å². The second-order valence-electron chi connectivity index (χ2n) is 19.3. The van der Waals surface area contributed by atoms with Crippen LogP contribution in [-0.2, 0) is 0 Å². The summed E-state index contributed by atoms with van der Waals surface area (Å²) in [5.74, 6) is 0.630. The summed E-state index contributed by atoms with van der Waals surface area (Å²) in [6, 6.07) is 69.7. The van der Waals surface area contributed by atoms with Crippen LogP contribution in [0.25, 0.3) is 10.8 Å². The van der Waals surface area contributed by atoms with Crippen molar-refractivity contribution in [1.82, 2.24) is 0 Å². The van der Waals surface area contributed by atoms with Crippen LogP contribution in [-0.4, -0.2) is 37.3 Å². The fourth-order valence-corrected chi connectivity index (χ4v) is 28.1. The smallest absolute Gasteiger partial charge is 0.120 e. The van der Waals surface area contributed by atoms with Crippen LogP contribution >= 0.6 is 11.6 Å². The molecule has 0 aromatic heterocycles. The Kier molecular flexibility index (Phi) is 9.89. The van der Waals surface area contributed by atoms with Gasteiger partial charge >= 0.3 is 0 Å². The summed E-state index contributed by atoms with van der Waals surface area (Å²) in [6.45, 7) is 15.4. The molecule has 0 saturated heterocycles.